The lowest BCUT2D eigenvalue weighted by Crippen LogP contribution is -2.33. The van der Waals surface area contributed by atoms with Crippen LogP contribution in [-0.2, 0) is 6.54 Å². The summed E-state index contributed by atoms with van der Waals surface area (Å²) in [4.78, 5) is 4.82. The van der Waals surface area contributed by atoms with E-state index in [2.05, 4.69) is 36.0 Å². The molecule has 1 atom stereocenters. The molecule has 0 saturated carbocycles. The zero-order chi connectivity index (χ0) is 11.5. The van der Waals surface area contributed by atoms with Gasteiger partial charge in [-0.05, 0) is 44.8 Å². The van der Waals surface area contributed by atoms with E-state index >= 15 is 0 Å². The average molecular weight is 219 g/mol. The molecule has 1 saturated heterocycles. The predicted octanol–water partition coefficient (Wildman–Crippen LogP) is 1.40. The van der Waals surface area contributed by atoms with Crippen LogP contribution in [0.4, 0.5) is 5.69 Å². The second-order valence-corrected chi connectivity index (χ2v) is 4.86. The molecule has 1 aromatic rings. The highest BCUT2D eigenvalue weighted by Crippen LogP contribution is 2.16. The fraction of sp³-hybridized carbons (Fsp3) is 0.538. The highest BCUT2D eigenvalue weighted by atomic mass is 15.2. The molecule has 2 rings (SSSR count). The zero-order valence-corrected chi connectivity index (χ0v) is 10.2. The van der Waals surface area contributed by atoms with Crippen molar-refractivity contribution in [3.8, 4) is 0 Å². The van der Waals surface area contributed by atoms with Crippen molar-refractivity contribution in [3.63, 3.8) is 0 Å². The Morgan fingerprint density at radius 2 is 2.31 bits per heavy atom. The maximum atomic E-state index is 5.78. The Kier molecular flexibility index (Phi) is 3.46. The number of likely N-dealkylation sites (tertiary alicyclic amines) is 1. The van der Waals surface area contributed by atoms with Gasteiger partial charge >= 0.3 is 0 Å². The van der Waals surface area contributed by atoms with E-state index in [0.29, 0.717) is 6.04 Å². The minimum atomic E-state index is 0.687. The van der Waals surface area contributed by atoms with E-state index in [1.807, 2.05) is 12.1 Å². The van der Waals surface area contributed by atoms with Gasteiger partial charge in [0.15, 0.2) is 0 Å². The van der Waals surface area contributed by atoms with Crippen molar-refractivity contribution in [1.82, 2.24) is 9.80 Å². The monoisotopic (exact) mass is 219 g/mol. The molecule has 3 heteroatoms. The molecule has 88 valence electrons. The molecule has 0 aromatic heterocycles. The maximum Gasteiger partial charge on any atom is 0.0317 e. The molecule has 16 heavy (non-hydrogen) atoms. The Bertz CT molecular complexity index is 351. The number of likely N-dealkylation sites (N-methyl/N-ethyl adjacent to an activating group) is 2. The van der Waals surface area contributed by atoms with Crippen LogP contribution in [-0.4, -0.2) is 43.0 Å². The SMILES string of the molecule is CN1CCC(N(C)Cc2cccc(N)c2)C1. The van der Waals surface area contributed by atoms with Crippen LogP contribution in [0, 0.1) is 0 Å². The molecule has 1 aliphatic heterocycles. The van der Waals surface area contributed by atoms with Crippen LogP contribution in [0.3, 0.4) is 0 Å². The Morgan fingerprint density at radius 1 is 1.50 bits per heavy atom. The van der Waals surface area contributed by atoms with Gasteiger partial charge in [0, 0.05) is 24.8 Å². The summed E-state index contributed by atoms with van der Waals surface area (Å²) in [5.74, 6) is 0. The van der Waals surface area contributed by atoms with Gasteiger partial charge in [-0.3, -0.25) is 4.90 Å². The largest absolute Gasteiger partial charge is 0.399 e. The number of nitrogens with zero attached hydrogens (tertiary/aromatic N) is 2. The minimum Gasteiger partial charge on any atom is -0.399 e. The van der Waals surface area contributed by atoms with Crippen LogP contribution in [0.15, 0.2) is 24.3 Å². The Labute approximate surface area is 97.8 Å². The molecule has 1 fully saturated rings. The molecule has 1 unspecified atom stereocenters. The van der Waals surface area contributed by atoms with Crippen molar-refractivity contribution in [2.45, 2.75) is 19.0 Å². The number of rotatable bonds is 3. The fourth-order valence-electron chi connectivity index (χ4n) is 2.38. The molecule has 1 aromatic carbocycles. The molecule has 0 aliphatic carbocycles. The summed E-state index contributed by atoms with van der Waals surface area (Å²) in [7, 11) is 4.39. The van der Waals surface area contributed by atoms with E-state index < -0.39 is 0 Å². The van der Waals surface area contributed by atoms with Crippen LogP contribution < -0.4 is 5.73 Å². The second kappa shape index (κ2) is 4.85. The predicted molar refractivity (Wildman–Crippen MR) is 68.2 cm³/mol. The quantitative estimate of drug-likeness (QED) is 0.780. The fourth-order valence-corrected chi connectivity index (χ4v) is 2.38. The number of hydrogen-bond acceptors (Lipinski definition) is 3. The molecule has 0 bridgehead atoms. The lowest BCUT2D eigenvalue weighted by molar-refractivity contribution is 0.234. The third-order valence-electron chi connectivity index (χ3n) is 3.37. The first-order valence-corrected chi connectivity index (χ1v) is 5.88. The van der Waals surface area contributed by atoms with E-state index in [0.717, 1.165) is 12.2 Å². The standard InChI is InChI=1S/C13H21N3/c1-15-7-6-13(10-15)16(2)9-11-4-3-5-12(14)8-11/h3-5,8,13H,6-7,9-10,14H2,1-2H3. The first-order chi connectivity index (χ1) is 7.65. The summed E-state index contributed by atoms with van der Waals surface area (Å²) in [6.07, 6.45) is 1.27. The number of hydrogen-bond donors (Lipinski definition) is 1. The third kappa shape index (κ3) is 2.74. The van der Waals surface area contributed by atoms with Crippen molar-refractivity contribution in [3.05, 3.63) is 29.8 Å². The molecule has 1 aliphatic rings. The number of anilines is 1. The van der Waals surface area contributed by atoms with Gasteiger partial charge in [-0.15, -0.1) is 0 Å². The molecular weight excluding hydrogens is 198 g/mol. The van der Waals surface area contributed by atoms with E-state index in [4.69, 9.17) is 5.73 Å². The molecule has 3 nitrogen and oxygen atoms in total. The van der Waals surface area contributed by atoms with Crippen LogP contribution in [0.5, 0.6) is 0 Å². The van der Waals surface area contributed by atoms with Gasteiger partial charge in [0.2, 0.25) is 0 Å². The summed E-state index contributed by atoms with van der Waals surface area (Å²) >= 11 is 0. The number of benzene rings is 1. The third-order valence-corrected chi connectivity index (χ3v) is 3.37. The summed E-state index contributed by atoms with van der Waals surface area (Å²) in [5.41, 5.74) is 7.94. The van der Waals surface area contributed by atoms with Crippen molar-refractivity contribution in [2.24, 2.45) is 0 Å². The molecule has 0 radical (unpaired) electrons. The second-order valence-electron chi connectivity index (χ2n) is 4.86. The van der Waals surface area contributed by atoms with Gasteiger partial charge in [-0.1, -0.05) is 12.1 Å². The van der Waals surface area contributed by atoms with Crippen molar-refractivity contribution >= 4 is 5.69 Å². The molecule has 0 spiro atoms. The van der Waals surface area contributed by atoms with Crippen LogP contribution >= 0.6 is 0 Å². The maximum absolute atomic E-state index is 5.78. The number of nitrogens with two attached hydrogens (primary N) is 1. The van der Waals surface area contributed by atoms with Gasteiger partial charge in [0.1, 0.15) is 0 Å². The number of nitrogen functional groups attached to an aromatic ring is 1. The smallest absolute Gasteiger partial charge is 0.0317 e. The summed E-state index contributed by atoms with van der Waals surface area (Å²) in [6.45, 7) is 3.38. The highest BCUT2D eigenvalue weighted by Gasteiger charge is 2.22. The highest BCUT2D eigenvalue weighted by molar-refractivity contribution is 5.40. The first kappa shape index (κ1) is 11.4. The molecule has 1 heterocycles. The van der Waals surface area contributed by atoms with E-state index in [1.54, 1.807) is 0 Å². The van der Waals surface area contributed by atoms with E-state index in [-0.39, 0.29) is 0 Å². The normalized spacial score (nSPS) is 21.8. The summed E-state index contributed by atoms with van der Waals surface area (Å²) < 4.78 is 0. The summed E-state index contributed by atoms with van der Waals surface area (Å²) in [5, 5.41) is 0. The average Bonchev–Trinajstić information content (AvgIpc) is 2.65. The van der Waals surface area contributed by atoms with Gasteiger partial charge in [0.25, 0.3) is 0 Å². The van der Waals surface area contributed by atoms with Crippen molar-refractivity contribution in [1.29, 1.82) is 0 Å². The van der Waals surface area contributed by atoms with Gasteiger partial charge in [0.05, 0.1) is 0 Å². The first-order valence-electron chi connectivity index (χ1n) is 5.88. The Balaban J connectivity index is 1.94. The van der Waals surface area contributed by atoms with Gasteiger partial charge in [-0.25, -0.2) is 0 Å². The van der Waals surface area contributed by atoms with Crippen LogP contribution in [0.25, 0.3) is 0 Å². The van der Waals surface area contributed by atoms with E-state index in [9.17, 15) is 0 Å². The Morgan fingerprint density at radius 3 is 2.94 bits per heavy atom. The van der Waals surface area contributed by atoms with Gasteiger partial charge < -0.3 is 10.6 Å². The van der Waals surface area contributed by atoms with Crippen LogP contribution in [0.2, 0.25) is 0 Å². The Hall–Kier alpha value is -1.06. The lowest BCUT2D eigenvalue weighted by Gasteiger charge is -2.24. The summed E-state index contributed by atoms with van der Waals surface area (Å²) in [6, 6.07) is 8.86. The molecular formula is C13H21N3. The van der Waals surface area contributed by atoms with Crippen LogP contribution in [0.1, 0.15) is 12.0 Å². The topological polar surface area (TPSA) is 32.5 Å². The van der Waals surface area contributed by atoms with Crippen molar-refractivity contribution < 1.29 is 0 Å². The minimum absolute atomic E-state index is 0.687. The van der Waals surface area contributed by atoms with Gasteiger partial charge in [-0.2, -0.15) is 0 Å². The zero-order valence-electron chi connectivity index (χ0n) is 10.2. The lowest BCUT2D eigenvalue weighted by atomic mass is 10.1. The van der Waals surface area contributed by atoms with Crippen molar-refractivity contribution in [2.75, 3.05) is 32.9 Å². The molecule has 0 amide bonds. The van der Waals surface area contributed by atoms with E-state index in [1.165, 1.54) is 25.1 Å². The molecule has 2 N–H and O–H groups in total.